The van der Waals surface area contributed by atoms with Gasteiger partial charge in [-0.15, -0.1) is 10.2 Å². The van der Waals surface area contributed by atoms with Crippen LogP contribution in [0.3, 0.4) is 0 Å². The molecule has 2 aromatic carbocycles. The Morgan fingerprint density at radius 2 is 2.11 bits per heavy atom. The molecule has 4 aromatic rings. The number of benzene rings is 2. The van der Waals surface area contributed by atoms with E-state index in [1.54, 1.807) is 12.1 Å². The Labute approximate surface area is 153 Å². The Hall–Kier alpha value is -3.55. The fourth-order valence-electron chi connectivity index (χ4n) is 3.17. The lowest BCUT2D eigenvalue weighted by molar-refractivity contribution is 0.0995. The van der Waals surface area contributed by atoms with Crippen LogP contribution in [0.5, 0.6) is 5.88 Å². The molecule has 0 aliphatic heterocycles. The molecule has 4 rings (SSSR count). The maximum Gasteiger partial charge on any atom is 0.295 e. The molecule has 0 saturated heterocycles. The van der Waals surface area contributed by atoms with E-state index in [4.69, 9.17) is 0 Å². The van der Waals surface area contributed by atoms with E-state index in [1.165, 1.54) is 18.2 Å². The van der Waals surface area contributed by atoms with Crippen molar-refractivity contribution in [3.8, 4) is 5.88 Å². The number of aromatic hydroxyl groups is 1. The molecule has 0 aliphatic rings. The monoisotopic (exact) mass is 365 g/mol. The van der Waals surface area contributed by atoms with Gasteiger partial charge >= 0.3 is 0 Å². The maximum atomic E-state index is 13.5. The first kappa shape index (κ1) is 16.9. The van der Waals surface area contributed by atoms with Gasteiger partial charge in [-0.25, -0.2) is 9.37 Å². The van der Waals surface area contributed by atoms with Crippen molar-refractivity contribution in [1.29, 1.82) is 0 Å². The lowest BCUT2D eigenvalue weighted by atomic mass is 10.2. The van der Waals surface area contributed by atoms with E-state index in [1.807, 2.05) is 24.5 Å². The number of amides is 1. The van der Waals surface area contributed by atoms with Crippen molar-refractivity contribution in [3.63, 3.8) is 0 Å². The third kappa shape index (κ3) is 2.84. The smallest absolute Gasteiger partial charge is 0.295 e. The number of fused-ring (bicyclic) bond motifs is 2. The molecule has 1 amide bonds. The highest BCUT2D eigenvalue weighted by Crippen LogP contribution is 2.35. The van der Waals surface area contributed by atoms with Gasteiger partial charge in [0.05, 0.1) is 16.6 Å². The van der Waals surface area contributed by atoms with Gasteiger partial charge in [-0.05, 0) is 50.2 Å². The van der Waals surface area contributed by atoms with Gasteiger partial charge in [-0.1, -0.05) is 0 Å². The van der Waals surface area contributed by atoms with E-state index >= 15 is 0 Å². The average Bonchev–Trinajstić information content (AvgIpc) is 3.13. The summed E-state index contributed by atoms with van der Waals surface area (Å²) in [5, 5.41) is 17.8. The van der Waals surface area contributed by atoms with Gasteiger partial charge in [-0.2, -0.15) is 0 Å². The summed E-state index contributed by atoms with van der Waals surface area (Å²) in [4.78, 5) is 19.5. The predicted molar refractivity (Wildman–Crippen MR) is 98.9 cm³/mol. The molecule has 0 unspecified atom stereocenters. The second-order valence-electron chi connectivity index (χ2n) is 6.12. The SMILES string of the molecule is CCn1c(C)nc2cc(C(=O)N=Nc3c(O)[nH]c4ccc(F)cc34)ccc21. The van der Waals surface area contributed by atoms with Gasteiger partial charge in [0.2, 0.25) is 5.88 Å². The molecular formula is C19H16FN5O2. The Kier molecular flexibility index (Phi) is 3.95. The summed E-state index contributed by atoms with van der Waals surface area (Å²) >= 11 is 0. The molecule has 2 heterocycles. The van der Waals surface area contributed by atoms with Crippen LogP contribution in [-0.4, -0.2) is 25.5 Å². The number of H-pyrrole nitrogens is 1. The van der Waals surface area contributed by atoms with Gasteiger partial charge in [-0.3, -0.25) is 4.79 Å². The van der Waals surface area contributed by atoms with Gasteiger partial charge in [0, 0.05) is 17.5 Å². The van der Waals surface area contributed by atoms with Gasteiger partial charge < -0.3 is 14.7 Å². The number of hydrogen-bond acceptors (Lipinski definition) is 4. The zero-order valence-corrected chi connectivity index (χ0v) is 14.7. The van der Waals surface area contributed by atoms with Crippen LogP contribution < -0.4 is 0 Å². The number of carbonyl (C=O) groups excluding carboxylic acids is 1. The van der Waals surface area contributed by atoms with E-state index in [9.17, 15) is 14.3 Å². The highest BCUT2D eigenvalue weighted by molar-refractivity contribution is 5.99. The molecule has 0 fully saturated rings. The van der Waals surface area contributed by atoms with Crippen molar-refractivity contribution in [1.82, 2.24) is 14.5 Å². The molecule has 0 radical (unpaired) electrons. The number of imidazole rings is 1. The first-order valence-corrected chi connectivity index (χ1v) is 8.41. The molecule has 0 bridgehead atoms. The molecule has 8 heteroatoms. The normalized spacial score (nSPS) is 11.8. The molecule has 0 saturated carbocycles. The molecule has 7 nitrogen and oxygen atoms in total. The zero-order chi connectivity index (χ0) is 19.1. The largest absolute Gasteiger partial charge is 0.493 e. The Bertz CT molecular complexity index is 1220. The first-order valence-electron chi connectivity index (χ1n) is 8.41. The van der Waals surface area contributed by atoms with Crippen LogP contribution in [-0.2, 0) is 6.54 Å². The third-order valence-electron chi connectivity index (χ3n) is 4.46. The highest BCUT2D eigenvalue weighted by atomic mass is 19.1. The number of nitrogens with one attached hydrogen (secondary N) is 1. The summed E-state index contributed by atoms with van der Waals surface area (Å²) in [7, 11) is 0. The Morgan fingerprint density at radius 1 is 1.30 bits per heavy atom. The summed E-state index contributed by atoms with van der Waals surface area (Å²) in [6.07, 6.45) is 0. The van der Waals surface area contributed by atoms with Gasteiger partial charge in [0.15, 0.2) is 5.69 Å². The van der Waals surface area contributed by atoms with Gasteiger partial charge in [0.25, 0.3) is 5.91 Å². The van der Waals surface area contributed by atoms with Gasteiger partial charge in [0.1, 0.15) is 11.6 Å². The highest BCUT2D eigenvalue weighted by Gasteiger charge is 2.14. The van der Waals surface area contributed by atoms with Crippen LogP contribution in [0.1, 0.15) is 23.1 Å². The van der Waals surface area contributed by atoms with E-state index in [0.717, 1.165) is 17.9 Å². The summed E-state index contributed by atoms with van der Waals surface area (Å²) < 4.78 is 15.5. The number of aryl methyl sites for hydroxylation is 2. The fourth-order valence-corrected chi connectivity index (χ4v) is 3.17. The zero-order valence-electron chi connectivity index (χ0n) is 14.7. The Morgan fingerprint density at radius 3 is 2.89 bits per heavy atom. The lowest BCUT2D eigenvalue weighted by Gasteiger charge is -2.01. The molecule has 136 valence electrons. The van der Waals surface area contributed by atoms with E-state index < -0.39 is 11.7 Å². The van der Waals surface area contributed by atoms with E-state index in [0.29, 0.717) is 22.0 Å². The summed E-state index contributed by atoms with van der Waals surface area (Å²) in [5.74, 6) is -0.466. The first-order chi connectivity index (χ1) is 13.0. The molecule has 0 atom stereocenters. The minimum atomic E-state index is -0.578. The number of carbonyl (C=O) groups is 1. The summed E-state index contributed by atoms with van der Waals surface area (Å²) in [5.41, 5.74) is 2.49. The molecule has 2 N–H and O–H groups in total. The predicted octanol–water partition coefficient (Wildman–Crippen LogP) is 4.61. The standard InChI is InChI=1S/C19H16FN5O2/c1-3-25-10(2)21-15-8-11(4-7-16(15)25)18(26)24-23-17-13-9-12(20)5-6-14(13)22-19(17)27/h4-9,22,27H,3H2,1-2H3. The number of azo groups is 1. The topological polar surface area (TPSA) is 95.6 Å². The number of rotatable bonds is 3. The minimum absolute atomic E-state index is 0.0185. The molecule has 0 aliphatic carbocycles. The van der Waals surface area contributed by atoms with Crippen molar-refractivity contribution < 1.29 is 14.3 Å². The fraction of sp³-hybridized carbons (Fsp3) is 0.158. The van der Waals surface area contributed by atoms with Crippen LogP contribution in [0.2, 0.25) is 0 Å². The van der Waals surface area contributed by atoms with Crippen LogP contribution in [0.15, 0.2) is 46.6 Å². The second-order valence-corrected chi connectivity index (χ2v) is 6.12. The maximum absolute atomic E-state index is 13.5. The molecular weight excluding hydrogens is 349 g/mol. The van der Waals surface area contributed by atoms with E-state index in [-0.39, 0.29) is 11.6 Å². The van der Waals surface area contributed by atoms with Crippen molar-refractivity contribution in [2.75, 3.05) is 0 Å². The average molecular weight is 365 g/mol. The summed E-state index contributed by atoms with van der Waals surface area (Å²) in [6.45, 7) is 4.72. The van der Waals surface area contributed by atoms with Crippen molar-refractivity contribution in [2.45, 2.75) is 20.4 Å². The van der Waals surface area contributed by atoms with Crippen LogP contribution >= 0.6 is 0 Å². The lowest BCUT2D eigenvalue weighted by Crippen LogP contribution is -1.97. The second kappa shape index (κ2) is 6.31. The molecule has 0 spiro atoms. The number of hydrogen-bond donors (Lipinski definition) is 2. The van der Waals surface area contributed by atoms with Crippen molar-refractivity contribution >= 4 is 33.5 Å². The van der Waals surface area contributed by atoms with Crippen LogP contribution in [0.4, 0.5) is 10.1 Å². The molecule has 2 aromatic heterocycles. The number of aromatic nitrogens is 3. The third-order valence-corrected chi connectivity index (χ3v) is 4.46. The Balaban J connectivity index is 1.69. The minimum Gasteiger partial charge on any atom is -0.493 e. The van der Waals surface area contributed by atoms with Crippen LogP contribution in [0.25, 0.3) is 21.9 Å². The number of aromatic amines is 1. The number of halogens is 1. The quantitative estimate of drug-likeness (QED) is 0.519. The summed E-state index contributed by atoms with van der Waals surface area (Å²) in [6, 6.07) is 9.09. The molecule has 27 heavy (non-hydrogen) atoms. The van der Waals surface area contributed by atoms with Crippen LogP contribution in [0, 0.1) is 12.7 Å². The van der Waals surface area contributed by atoms with E-state index in [2.05, 4.69) is 20.2 Å². The van der Waals surface area contributed by atoms with Crippen molar-refractivity contribution in [2.24, 2.45) is 10.2 Å². The van der Waals surface area contributed by atoms with Crippen molar-refractivity contribution in [3.05, 3.63) is 53.6 Å². The number of nitrogens with zero attached hydrogens (tertiary/aromatic N) is 4.